The van der Waals surface area contributed by atoms with Gasteiger partial charge in [-0.25, -0.2) is 4.39 Å². The van der Waals surface area contributed by atoms with Crippen LogP contribution < -0.4 is 11.3 Å². The van der Waals surface area contributed by atoms with Crippen LogP contribution in [0.4, 0.5) is 4.39 Å². The Labute approximate surface area is 79.1 Å². The Morgan fingerprint density at radius 3 is 2.75 bits per heavy atom. The summed E-state index contributed by atoms with van der Waals surface area (Å²) in [7, 11) is 0. The predicted octanol–water partition coefficient (Wildman–Crippen LogP) is 2.11. The van der Waals surface area contributed by atoms with Gasteiger partial charge in [-0.1, -0.05) is 22.0 Å². The second kappa shape index (κ2) is 3.98. The lowest BCUT2D eigenvalue weighted by Crippen LogP contribution is -2.25. The second-order valence-corrected chi connectivity index (χ2v) is 3.41. The van der Waals surface area contributed by atoms with Crippen LogP contribution in [-0.2, 0) is 0 Å². The molecule has 0 spiro atoms. The van der Waals surface area contributed by atoms with Gasteiger partial charge in [0.05, 0.1) is 0 Å². The van der Waals surface area contributed by atoms with Gasteiger partial charge in [0.1, 0.15) is 5.82 Å². The molecule has 2 nitrogen and oxygen atoms in total. The van der Waals surface area contributed by atoms with Crippen molar-refractivity contribution in [2.45, 2.75) is 13.0 Å². The summed E-state index contributed by atoms with van der Waals surface area (Å²) in [6.07, 6.45) is 0. The van der Waals surface area contributed by atoms with E-state index in [-0.39, 0.29) is 11.9 Å². The van der Waals surface area contributed by atoms with Crippen molar-refractivity contribution in [2.75, 3.05) is 0 Å². The third-order valence-corrected chi connectivity index (χ3v) is 2.37. The zero-order valence-electron chi connectivity index (χ0n) is 6.64. The van der Waals surface area contributed by atoms with Gasteiger partial charge in [-0.3, -0.25) is 11.3 Å². The van der Waals surface area contributed by atoms with Crippen molar-refractivity contribution < 1.29 is 4.39 Å². The maximum atomic E-state index is 12.6. The van der Waals surface area contributed by atoms with E-state index in [0.717, 1.165) is 10.0 Å². The largest absolute Gasteiger partial charge is 0.271 e. The Morgan fingerprint density at radius 1 is 1.58 bits per heavy atom. The zero-order chi connectivity index (χ0) is 9.14. The Bertz CT molecular complexity index is 278. The van der Waals surface area contributed by atoms with Gasteiger partial charge in [0.25, 0.3) is 0 Å². The van der Waals surface area contributed by atoms with Gasteiger partial charge in [0, 0.05) is 10.5 Å². The molecule has 0 heterocycles. The normalized spacial score (nSPS) is 13.0. The van der Waals surface area contributed by atoms with Crippen LogP contribution in [0.3, 0.4) is 0 Å². The molecule has 0 unspecified atom stereocenters. The van der Waals surface area contributed by atoms with Gasteiger partial charge in [-0.2, -0.15) is 0 Å². The third kappa shape index (κ3) is 2.03. The first-order valence-corrected chi connectivity index (χ1v) is 4.35. The molecule has 0 saturated carbocycles. The first kappa shape index (κ1) is 9.64. The van der Waals surface area contributed by atoms with Crippen LogP contribution in [0.5, 0.6) is 0 Å². The fourth-order valence-corrected chi connectivity index (χ4v) is 1.64. The molecule has 0 aliphatic heterocycles. The van der Waals surface area contributed by atoms with Crippen molar-refractivity contribution in [2.24, 2.45) is 5.84 Å². The van der Waals surface area contributed by atoms with E-state index in [4.69, 9.17) is 5.84 Å². The second-order valence-electron chi connectivity index (χ2n) is 2.55. The molecule has 0 saturated heterocycles. The molecule has 0 radical (unpaired) electrons. The smallest absolute Gasteiger partial charge is 0.124 e. The maximum Gasteiger partial charge on any atom is 0.124 e. The Kier molecular flexibility index (Phi) is 3.20. The van der Waals surface area contributed by atoms with Crippen molar-refractivity contribution in [3.05, 3.63) is 34.1 Å². The molecular formula is C8H10BrFN2. The zero-order valence-corrected chi connectivity index (χ0v) is 8.23. The third-order valence-electron chi connectivity index (χ3n) is 1.68. The van der Waals surface area contributed by atoms with Crippen LogP contribution in [0, 0.1) is 5.82 Å². The molecule has 1 aromatic carbocycles. The summed E-state index contributed by atoms with van der Waals surface area (Å²) >= 11 is 3.25. The molecule has 3 N–H and O–H groups in total. The number of halogens is 2. The van der Waals surface area contributed by atoms with E-state index in [1.807, 2.05) is 6.92 Å². The van der Waals surface area contributed by atoms with Gasteiger partial charge < -0.3 is 0 Å². The highest BCUT2D eigenvalue weighted by Gasteiger charge is 2.07. The Balaban J connectivity index is 3.01. The van der Waals surface area contributed by atoms with Gasteiger partial charge in [-0.05, 0) is 24.6 Å². The van der Waals surface area contributed by atoms with Crippen molar-refractivity contribution >= 4 is 15.9 Å². The van der Waals surface area contributed by atoms with Gasteiger partial charge in [0.15, 0.2) is 0 Å². The molecule has 1 rings (SSSR count). The summed E-state index contributed by atoms with van der Waals surface area (Å²) in [5.74, 6) is 4.99. The molecule has 1 atom stereocenters. The van der Waals surface area contributed by atoms with Gasteiger partial charge >= 0.3 is 0 Å². The summed E-state index contributed by atoms with van der Waals surface area (Å²) in [6.45, 7) is 1.90. The number of nitrogens with two attached hydrogens (primary N) is 1. The minimum Gasteiger partial charge on any atom is -0.271 e. The highest BCUT2D eigenvalue weighted by Crippen LogP contribution is 2.23. The predicted molar refractivity (Wildman–Crippen MR) is 49.8 cm³/mol. The molecule has 0 aliphatic carbocycles. The monoisotopic (exact) mass is 232 g/mol. The summed E-state index contributed by atoms with van der Waals surface area (Å²) in [6, 6.07) is 4.54. The number of hydrazine groups is 1. The number of rotatable bonds is 2. The average molecular weight is 233 g/mol. The molecule has 4 heteroatoms. The van der Waals surface area contributed by atoms with E-state index in [1.165, 1.54) is 12.1 Å². The molecule has 0 bridgehead atoms. The van der Waals surface area contributed by atoms with E-state index in [2.05, 4.69) is 21.4 Å². The van der Waals surface area contributed by atoms with Crippen molar-refractivity contribution in [3.8, 4) is 0 Å². The van der Waals surface area contributed by atoms with Crippen LogP contribution in [0.2, 0.25) is 0 Å². The fraction of sp³-hybridized carbons (Fsp3) is 0.250. The summed E-state index contributed by atoms with van der Waals surface area (Å²) in [5.41, 5.74) is 3.53. The SMILES string of the molecule is C[C@@H](NN)c1ccc(F)cc1Br. The summed E-state index contributed by atoms with van der Waals surface area (Å²) < 4.78 is 13.4. The molecule has 0 fully saturated rings. The van der Waals surface area contributed by atoms with Gasteiger partial charge in [-0.15, -0.1) is 0 Å². The van der Waals surface area contributed by atoms with E-state index in [9.17, 15) is 4.39 Å². The van der Waals surface area contributed by atoms with Crippen molar-refractivity contribution in [1.29, 1.82) is 0 Å². The molecule has 0 amide bonds. The summed E-state index contributed by atoms with van der Waals surface area (Å²) in [5, 5.41) is 0. The van der Waals surface area contributed by atoms with Crippen LogP contribution in [0.25, 0.3) is 0 Å². The highest BCUT2D eigenvalue weighted by molar-refractivity contribution is 9.10. The highest BCUT2D eigenvalue weighted by atomic mass is 79.9. The lowest BCUT2D eigenvalue weighted by molar-refractivity contribution is 0.592. The van der Waals surface area contributed by atoms with Crippen molar-refractivity contribution in [1.82, 2.24) is 5.43 Å². The number of hydrogen-bond donors (Lipinski definition) is 2. The molecule has 66 valence electrons. The maximum absolute atomic E-state index is 12.6. The lowest BCUT2D eigenvalue weighted by atomic mass is 10.1. The minimum atomic E-state index is -0.255. The quantitative estimate of drug-likeness (QED) is 0.606. The first-order valence-electron chi connectivity index (χ1n) is 3.56. The molecule has 1 aromatic rings. The lowest BCUT2D eigenvalue weighted by Gasteiger charge is -2.11. The topological polar surface area (TPSA) is 38.0 Å². The van der Waals surface area contributed by atoms with Crippen molar-refractivity contribution in [3.63, 3.8) is 0 Å². The van der Waals surface area contributed by atoms with E-state index >= 15 is 0 Å². The standard InChI is InChI=1S/C8H10BrFN2/c1-5(12-11)7-3-2-6(10)4-8(7)9/h2-5,12H,11H2,1H3/t5-/m1/s1. The molecular weight excluding hydrogens is 223 g/mol. The van der Waals surface area contributed by atoms with E-state index in [0.29, 0.717) is 0 Å². The van der Waals surface area contributed by atoms with Gasteiger partial charge in [0.2, 0.25) is 0 Å². The van der Waals surface area contributed by atoms with Crippen LogP contribution in [0.1, 0.15) is 18.5 Å². The first-order chi connectivity index (χ1) is 5.65. The fourth-order valence-electron chi connectivity index (χ4n) is 0.942. The minimum absolute atomic E-state index is 0.0139. The van der Waals surface area contributed by atoms with E-state index < -0.39 is 0 Å². The van der Waals surface area contributed by atoms with E-state index in [1.54, 1.807) is 6.07 Å². The molecule has 12 heavy (non-hydrogen) atoms. The van der Waals surface area contributed by atoms with Crippen LogP contribution >= 0.6 is 15.9 Å². The Morgan fingerprint density at radius 2 is 2.25 bits per heavy atom. The number of nitrogens with one attached hydrogen (secondary N) is 1. The van der Waals surface area contributed by atoms with Crippen LogP contribution in [0.15, 0.2) is 22.7 Å². The number of benzene rings is 1. The molecule has 0 aliphatic rings. The number of hydrogen-bond acceptors (Lipinski definition) is 2. The van der Waals surface area contributed by atoms with Crippen LogP contribution in [-0.4, -0.2) is 0 Å². The molecule has 0 aromatic heterocycles. The Hall–Kier alpha value is -0.450. The summed E-state index contributed by atoms with van der Waals surface area (Å²) in [4.78, 5) is 0. The average Bonchev–Trinajstić information content (AvgIpc) is 2.03.